The summed E-state index contributed by atoms with van der Waals surface area (Å²) in [7, 11) is 0. The van der Waals surface area contributed by atoms with Gasteiger partial charge in [0, 0.05) is 49.7 Å². The highest BCUT2D eigenvalue weighted by molar-refractivity contribution is 6.15. The summed E-state index contributed by atoms with van der Waals surface area (Å²) in [5, 5.41) is 4.60. The van der Waals surface area contributed by atoms with E-state index in [1.807, 2.05) is 6.07 Å². The molecule has 0 amide bonds. The first-order valence-corrected chi connectivity index (χ1v) is 18.9. The van der Waals surface area contributed by atoms with Gasteiger partial charge in [-0.15, -0.1) is 0 Å². The molecule has 0 saturated carbocycles. The average Bonchev–Trinajstić information content (AvgIpc) is 3.82. The largest absolute Gasteiger partial charge is 0.309 e. The predicted molar refractivity (Wildman–Crippen MR) is 227 cm³/mol. The normalized spacial score (nSPS) is 13.1. The first kappa shape index (κ1) is 31.6. The summed E-state index contributed by atoms with van der Waals surface area (Å²) in [4.78, 5) is 2.41. The Kier molecular flexibility index (Phi) is 6.78. The van der Waals surface area contributed by atoms with Crippen molar-refractivity contribution in [2.75, 3.05) is 4.90 Å². The highest BCUT2D eigenvalue weighted by Gasteiger charge is 2.36. The van der Waals surface area contributed by atoms with Gasteiger partial charge in [-0.05, 0) is 101 Å². The zero-order valence-corrected chi connectivity index (χ0v) is 30.5. The maximum Gasteiger partial charge on any atom is 0.125 e. The van der Waals surface area contributed by atoms with Crippen LogP contribution >= 0.6 is 0 Å². The van der Waals surface area contributed by atoms with Crippen molar-refractivity contribution in [3.63, 3.8) is 0 Å². The van der Waals surface area contributed by atoms with E-state index < -0.39 is 0 Å². The van der Waals surface area contributed by atoms with Crippen LogP contribution in [-0.2, 0) is 5.41 Å². The Labute approximate surface area is 318 Å². The minimum Gasteiger partial charge on any atom is -0.309 e. The summed E-state index contributed by atoms with van der Waals surface area (Å²) in [6, 6.07) is 63.8. The smallest absolute Gasteiger partial charge is 0.125 e. The molecule has 262 valence electrons. The molecular weight excluding hydrogens is 674 g/mol. The van der Waals surface area contributed by atoms with E-state index in [2.05, 4.69) is 186 Å². The van der Waals surface area contributed by atoms with Crippen molar-refractivity contribution in [3.8, 4) is 22.5 Å². The number of benzene rings is 8. The molecule has 4 heteroatoms. The topological polar surface area (TPSA) is 13.1 Å². The summed E-state index contributed by atoms with van der Waals surface area (Å²) >= 11 is 0. The second-order valence-electron chi connectivity index (χ2n) is 15.1. The van der Waals surface area contributed by atoms with Crippen LogP contribution in [0.1, 0.15) is 25.0 Å². The molecule has 55 heavy (non-hydrogen) atoms. The number of fused-ring (bicyclic) bond motifs is 9. The van der Waals surface area contributed by atoms with Crippen molar-refractivity contribution in [1.82, 2.24) is 9.13 Å². The van der Waals surface area contributed by atoms with Crippen molar-refractivity contribution in [1.29, 1.82) is 0 Å². The van der Waals surface area contributed by atoms with E-state index in [1.54, 1.807) is 12.1 Å². The number of aromatic nitrogens is 2. The third-order valence-electron chi connectivity index (χ3n) is 11.7. The first-order valence-electron chi connectivity index (χ1n) is 18.9. The Morgan fingerprint density at radius 2 is 1.04 bits per heavy atom. The van der Waals surface area contributed by atoms with Gasteiger partial charge in [-0.25, -0.2) is 4.39 Å². The van der Waals surface area contributed by atoms with Gasteiger partial charge in [0.05, 0.1) is 27.8 Å². The Balaban J connectivity index is 1.23. The Hall–Kier alpha value is -6.91. The predicted octanol–water partition coefficient (Wildman–Crippen LogP) is 13.8. The lowest BCUT2D eigenvalue weighted by Gasteiger charge is -2.29. The second-order valence-corrected chi connectivity index (χ2v) is 15.1. The van der Waals surface area contributed by atoms with Crippen LogP contribution in [0.25, 0.3) is 66.1 Å². The van der Waals surface area contributed by atoms with Crippen molar-refractivity contribution < 1.29 is 4.39 Å². The summed E-state index contributed by atoms with van der Waals surface area (Å²) in [6.45, 7) is 4.66. The highest BCUT2D eigenvalue weighted by Crippen LogP contribution is 2.52. The van der Waals surface area contributed by atoms with Gasteiger partial charge in [-0.1, -0.05) is 117 Å². The lowest BCUT2D eigenvalue weighted by atomic mass is 9.82. The molecule has 0 fully saturated rings. The van der Waals surface area contributed by atoms with Crippen LogP contribution in [0.3, 0.4) is 0 Å². The molecule has 0 aliphatic heterocycles. The van der Waals surface area contributed by atoms with Gasteiger partial charge in [0.1, 0.15) is 5.82 Å². The van der Waals surface area contributed by atoms with Crippen LogP contribution in [0.2, 0.25) is 0 Å². The fourth-order valence-corrected chi connectivity index (χ4v) is 9.28. The molecule has 0 radical (unpaired) electrons. The van der Waals surface area contributed by atoms with E-state index in [-0.39, 0.29) is 11.2 Å². The van der Waals surface area contributed by atoms with E-state index in [4.69, 9.17) is 0 Å². The SMILES string of the molecule is CC1(C)c2ccccc2-c2ccc(N(c3ccc4c(c3)c3ccccc3n4-c3ccccc3)c3cccc4c5ccccc5n(-c5cccc(F)c5)c34)cc21. The van der Waals surface area contributed by atoms with Gasteiger partial charge in [0.25, 0.3) is 0 Å². The van der Waals surface area contributed by atoms with Gasteiger partial charge in [-0.2, -0.15) is 0 Å². The number of hydrogen-bond acceptors (Lipinski definition) is 1. The molecule has 2 aromatic heterocycles. The monoisotopic (exact) mass is 709 g/mol. The molecular formula is C51H36FN3. The van der Waals surface area contributed by atoms with Crippen molar-refractivity contribution >= 4 is 60.7 Å². The number of para-hydroxylation sites is 4. The van der Waals surface area contributed by atoms with Crippen molar-refractivity contribution in [2.24, 2.45) is 0 Å². The van der Waals surface area contributed by atoms with E-state index >= 15 is 4.39 Å². The summed E-state index contributed by atoms with van der Waals surface area (Å²) in [6.07, 6.45) is 0. The van der Waals surface area contributed by atoms with Gasteiger partial charge in [-0.3, -0.25) is 0 Å². The molecule has 0 N–H and O–H groups in total. The van der Waals surface area contributed by atoms with Crippen LogP contribution in [0, 0.1) is 5.82 Å². The molecule has 8 aromatic carbocycles. The minimum absolute atomic E-state index is 0.177. The number of hydrogen-bond donors (Lipinski definition) is 0. The highest BCUT2D eigenvalue weighted by atomic mass is 19.1. The molecule has 0 saturated heterocycles. The Morgan fingerprint density at radius 3 is 1.85 bits per heavy atom. The molecule has 10 aromatic rings. The zero-order chi connectivity index (χ0) is 36.8. The average molecular weight is 710 g/mol. The van der Waals surface area contributed by atoms with Crippen LogP contribution in [0.4, 0.5) is 21.5 Å². The van der Waals surface area contributed by atoms with Crippen molar-refractivity contribution in [2.45, 2.75) is 19.3 Å². The standard InChI is InChI=1S/C51H36FN3/c1-51(2)44-22-9-6-18-38(44)39-28-26-37(32-45(39)51)53(36-27-29-48-43(31-36)41-20-8-10-23-46(41)54(48)34-15-4-3-5-16-34)49-25-13-21-42-40-19-7-11-24-47(40)55(50(42)49)35-17-12-14-33(52)30-35/h3-32H,1-2H3. The third kappa shape index (κ3) is 4.61. The third-order valence-corrected chi connectivity index (χ3v) is 11.7. The van der Waals surface area contributed by atoms with E-state index in [9.17, 15) is 0 Å². The molecule has 0 bridgehead atoms. The van der Waals surface area contributed by atoms with Gasteiger partial charge in [0.15, 0.2) is 0 Å². The van der Waals surface area contributed by atoms with Crippen LogP contribution < -0.4 is 4.90 Å². The first-order chi connectivity index (χ1) is 27.0. The molecule has 3 nitrogen and oxygen atoms in total. The Morgan fingerprint density at radius 1 is 0.436 bits per heavy atom. The number of nitrogens with zero attached hydrogens (tertiary/aromatic N) is 3. The van der Waals surface area contributed by atoms with E-state index in [1.165, 1.54) is 39.1 Å². The molecule has 0 atom stereocenters. The Bertz CT molecular complexity index is 3150. The summed E-state index contributed by atoms with van der Waals surface area (Å²) < 4.78 is 19.6. The van der Waals surface area contributed by atoms with Gasteiger partial charge < -0.3 is 14.0 Å². The van der Waals surface area contributed by atoms with Crippen LogP contribution in [0.15, 0.2) is 182 Å². The lowest BCUT2D eigenvalue weighted by molar-refractivity contribution is 0.627. The molecule has 1 aliphatic carbocycles. The molecule has 0 unspecified atom stereocenters. The maximum absolute atomic E-state index is 15.0. The summed E-state index contributed by atoms with van der Waals surface area (Å²) in [5.41, 5.74) is 14.4. The zero-order valence-electron chi connectivity index (χ0n) is 30.5. The quantitative estimate of drug-likeness (QED) is 0.173. The maximum atomic E-state index is 15.0. The van der Waals surface area contributed by atoms with Crippen LogP contribution in [-0.4, -0.2) is 9.13 Å². The van der Waals surface area contributed by atoms with E-state index in [0.29, 0.717) is 0 Å². The number of anilines is 3. The molecule has 11 rings (SSSR count). The molecule has 2 heterocycles. The lowest BCUT2D eigenvalue weighted by Crippen LogP contribution is -2.17. The van der Waals surface area contributed by atoms with E-state index in [0.717, 1.165) is 61.3 Å². The van der Waals surface area contributed by atoms with Gasteiger partial charge in [0.2, 0.25) is 0 Å². The molecule has 1 aliphatic rings. The number of rotatable bonds is 5. The summed E-state index contributed by atoms with van der Waals surface area (Å²) in [5.74, 6) is -0.265. The minimum atomic E-state index is -0.265. The van der Waals surface area contributed by atoms with Crippen molar-refractivity contribution in [3.05, 3.63) is 199 Å². The fourth-order valence-electron chi connectivity index (χ4n) is 9.28. The second kappa shape index (κ2) is 11.8. The van der Waals surface area contributed by atoms with Gasteiger partial charge >= 0.3 is 0 Å². The van der Waals surface area contributed by atoms with Crippen LogP contribution in [0.5, 0.6) is 0 Å². The fraction of sp³-hybridized carbons (Fsp3) is 0.0588. The molecule has 0 spiro atoms. The number of halogens is 1.